The van der Waals surface area contributed by atoms with Gasteiger partial charge in [-0.15, -0.1) is 0 Å². The first-order valence-corrected chi connectivity index (χ1v) is 7.07. The van der Waals surface area contributed by atoms with Gasteiger partial charge in [-0.25, -0.2) is 19.5 Å². The Hall–Kier alpha value is -2.39. The zero-order valence-electron chi connectivity index (χ0n) is 12.1. The summed E-state index contributed by atoms with van der Waals surface area (Å²) >= 11 is 5.98. The number of hydrogen-bond donors (Lipinski definition) is 0. The molecule has 0 N–H and O–H groups in total. The Bertz CT molecular complexity index is 681. The summed E-state index contributed by atoms with van der Waals surface area (Å²) in [7, 11) is 0. The Balaban J connectivity index is 2.55. The predicted molar refractivity (Wildman–Crippen MR) is 80.7 cm³/mol. The van der Waals surface area contributed by atoms with Gasteiger partial charge in [0, 0.05) is 10.7 Å². The van der Waals surface area contributed by atoms with Gasteiger partial charge in [-0.2, -0.15) is 5.26 Å². The number of rotatable bonds is 2. The minimum atomic E-state index is -0.825. The SMILES string of the molecule is CCOC(=O)N1C(=O)N=C(C)C(C#N)C1c1cccc(Cl)c1. The van der Waals surface area contributed by atoms with Gasteiger partial charge in [0.15, 0.2) is 0 Å². The first-order valence-electron chi connectivity index (χ1n) is 6.69. The Labute approximate surface area is 132 Å². The second-order valence-corrected chi connectivity index (χ2v) is 5.15. The van der Waals surface area contributed by atoms with Crippen LogP contribution in [0.25, 0.3) is 0 Å². The smallest absolute Gasteiger partial charge is 0.418 e. The fourth-order valence-electron chi connectivity index (χ4n) is 2.35. The maximum absolute atomic E-state index is 12.1. The highest BCUT2D eigenvalue weighted by atomic mass is 35.5. The van der Waals surface area contributed by atoms with Crippen LogP contribution in [0.2, 0.25) is 5.02 Å². The zero-order chi connectivity index (χ0) is 16.3. The molecule has 2 atom stereocenters. The van der Waals surface area contributed by atoms with Gasteiger partial charge >= 0.3 is 12.1 Å². The van der Waals surface area contributed by atoms with Crippen LogP contribution in [0, 0.1) is 17.2 Å². The first-order chi connectivity index (χ1) is 10.5. The van der Waals surface area contributed by atoms with E-state index in [9.17, 15) is 14.9 Å². The fraction of sp³-hybridized carbons (Fsp3) is 0.333. The lowest BCUT2D eigenvalue weighted by molar-refractivity contribution is 0.0982. The van der Waals surface area contributed by atoms with Crippen molar-refractivity contribution in [1.82, 2.24) is 4.90 Å². The van der Waals surface area contributed by atoms with Crippen LogP contribution in [-0.2, 0) is 4.74 Å². The van der Waals surface area contributed by atoms with Crippen LogP contribution >= 0.6 is 11.6 Å². The van der Waals surface area contributed by atoms with Crippen molar-refractivity contribution < 1.29 is 14.3 Å². The van der Waals surface area contributed by atoms with Crippen molar-refractivity contribution in [2.24, 2.45) is 10.9 Å². The van der Waals surface area contributed by atoms with E-state index < -0.39 is 24.1 Å². The molecule has 0 aliphatic carbocycles. The topological polar surface area (TPSA) is 82.8 Å². The Kier molecular flexibility index (Phi) is 4.78. The van der Waals surface area contributed by atoms with Gasteiger partial charge in [0.1, 0.15) is 5.92 Å². The molecule has 0 spiro atoms. The maximum Gasteiger partial charge on any atom is 0.418 e. The van der Waals surface area contributed by atoms with E-state index in [2.05, 4.69) is 11.1 Å². The van der Waals surface area contributed by atoms with E-state index >= 15 is 0 Å². The molecule has 7 heteroatoms. The Morgan fingerprint density at radius 2 is 2.27 bits per heavy atom. The summed E-state index contributed by atoms with van der Waals surface area (Å²) in [6.45, 7) is 3.34. The summed E-state index contributed by atoms with van der Waals surface area (Å²) < 4.78 is 4.92. The van der Waals surface area contributed by atoms with Crippen LogP contribution < -0.4 is 0 Å². The molecule has 2 rings (SSSR count). The van der Waals surface area contributed by atoms with Gasteiger partial charge in [-0.3, -0.25) is 0 Å². The van der Waals surface area contributed by atoms with E-state index in [1.54, 1.807) is 38.1 Å². The Morgan fingerprint density at radius 1 is 1.55 bits per heavy atom. The summed E-state index contributed by atoms with van der Waals surface area (Å²) in [5.41, 5.74) is 0.938. The Morgan fingerprint density at radius 3 is 2.86 bits per heavy atom. The second kappa shape index (κ2) is 6.58. The molecular weight excluding hydrogens is 306 g/mol. The van der Waals surface area contributed by atoms with Gasteiger partial charge in [-0.05, 0) is 31.5 Å². The molecule has 6 nitrogen and oxygen atoms in total. The number of carbonyl (C=O) groups excluding carboxylic acids is 2. The molecule has 0 aromatic heterocycles. The lowest BCUT2D eigenvalue weighted by atomic mass is 9.88. The number of aliphatic imine (C=N–C) groups is 1. The molecule has 1 aromatic rings. The third-order valence-corrected chi connectivity index (χ3v) is 3.55. The summed E-state index contributed by atoms with van der Waals surface area (Å²) in [6.07, 6.45) is -0.825. The van der Waals surface area contributed by atoms with Crippen LogP contribution in [0.5, 0.6) is 0 Å². The van der Waals surface area contributed by atoms with E-state index in [-0.39, 0.29) is 6.61 Å². The van der Waals surface area contributed by atoms with Gasteiger partial charge in [0.2, 0.25) is 0 Å². The molecule has 22 heavy (non-hydrogen) atoms. The standard InChI is InChI=1S/C15H14ClN3O3/c1-3-22-15(21)19-13(10-5-4-6-11(16)7-10)12(8-17)9(2)18-14(19)20/h4-7,12-13H,3H2,1-2H3. The largest absolute Gasteiger partial charge is 0.449 e. The average molecular weight is 320 g/mol. The molecule has 0 fully saturated rings. The number of urea groups is 1. The molecule has 1 aromatic carbocycles. The molecule has 3 amide bonds. The average Bonchev–Trinajstić information content (AvgIpc) is 2.46. The number of ether oxygens (including phenoxy) is 1. The summed E-state index contributed by atoms with van der Waals surface area (Å²) in [5, 5.41) is 9.87. The molecule has 2 unspecified atom stereocenters. The predicted octanol–water partition coefficient (Wildman–Crippen LogP) is 3.57. The van der Waals surface area contributed by atoms with E-state index in [1.807, 2.05) is 0 Å². The molecule has 0 radical (unpaired) electrons. The lowest BCUT2D eigenvalue weighted by Gasteiger charge is -2.34. The number of carbonyl (C=O) groups is 2. The van der Waals surface area contributed by atoms with E-state index in [0.29, 0.717) is 16.3 Å². The third-order valence-electron chi connectivity index (χ3n) is 3.32. The van der Waals surface area contributed by atoms with Gasteiger partial charge in [-0.1, -0.05) is 23.7 Å². The van der Waals surface area contributed by atoms with Crippen molar-refractivity contribution in [2.45, 2.75) is 19.9 Å². The van der Waals surface area contributed by atoms with E-state index in [0.717, 1.165) is 4.90 Å². The minimum absolute atomic E-state index is 0.116. The number of hydrogen-bond acceptors (Lipinski definition) is 4. The van der Waals surface area contributed by atoms with Crippen LogP contribution in [-0.4, -0.2) is 29.3 Å². The number of halogens is 1. The van der Waals surface area contributed by atoms with Crippen molar-refractivity contribution in [2.75, 3.05) is 6.61 Å². The highest BCUT2D eigenvalue weighted by Gasteiger charge is 2.42. The molecule has 1 aliphatic rings. The van der Waals surface area contributed by atoms with Gasteiger partial charge < -0.3 is 4.74 Å². The number of nitrogens with zero attached hydrogens (tertiary/aromatic N) is 3. The molecule has 1 heterocycles. The molecular formula is C15H14ClN3O3. The number of nitriles is 1. The summed E-state index contributed by atoms with van der Waals surface area (Å²) in [6, 6.07) is 7.23. The third kappa shape index (κ3) is 2.95. The van der Waals surface area contributed by atoms with Crippen molar-refractivity contribution in [1.29, 1.82) is 5.26 Å². The second-order valence-electron chi connectivity index (χ2n) is 4.71. The fourth-order valence-corrected chi connectivity index (χ4v) is 2.55. The van der Waals surface area contributed by atoms with Crippen molar-refractivity contribution in [3.8, 4) is 6.07 Å². The van der Waals surface area contributed by atoms with Gasteiger partial charge in [0.05, 0.1) is 18.7 Å². The maximum atomic E-state index is 12.1. The number of amides is 3. The van der Waals surface area contributed by atoms with Crippen LogP contribution in [0.4, 0.5) is 9.59 Å². The molecule has 114 valence electrons. The minimum Gasteiger partial charge on any atom is -0.449 e. The van der Waals surface area contributed by atoms with E-state index in [4.69, 9.17) is 16.3 Å². The first kappa shape index (κ1) is 16.0. The van der Waals surface area contributed by atoms with Crippen LogP contribution in [0.1, 0.15) is 25.5 Å². The number of imide groups is 1. The van der Waals surface area contributed by atoms with Crippen molar-refractivity contribution in [3.63, 3.8) is 0 Å². The number of benzene rings is 1. The quantitative estimate of drug-likeness (QED) is 0.834. The van der Waals surface area contributed by atoms with E-state index in [1.165, 1.54) is 0 Å². The molecule has 1 aliphatic heterocycles. The molecule has 0 saturated heterocycles. The summed E-state index contributed by atoms with van der Waals surface area (Å²) in [4.78, 5) is 28.9. The monoisotopic (exact) mass is 319 g/mol. The molecule has 0 bridgehead atoms. The molecule has 0 saturated carbocycles. The highest BCUT2D eigenvalue weighted by molar-refractivity contribution is 6.30. The van der Waals surface area contributed by atoms with Gasteiger partial charge in [0.25, 0.3) is 0 Å². The van der Waals surface area contributed by atoms with Crippen LogP contribution in [0.3, 0.4) is 0 Å². The van der Waals surface area contributed by atoms with Crippen LogP contribution in [0.15, 0.2) is 29.3 Å². The zero-order valence-corrected chi connectivity index (χ0v) is 12.9. The lowest BCUT2D eigenvalue weighted by Crippen LogP contribution is -2.46. The van der Waals surface area contributed by atoms with Crippen molar-refractivity contribution in [3.05, 3.63) is 34.9 Å². The normalized spacial score (nSPS) is 21.1. The highest BCUT2D eigenvalue weighted by Crippen LogP contribution is 2.35. The van der Waals surface area contributed by atoms with Crippen molar-refractivity contribution >= 4 is 29.4 Å². The summed E-state index contributed by atoms with van der Waals surface area (Å²) in [5.74, 6) is -0.749.